The van der Waals surface area contributed by atoms with Gasteiger partial charge in [0.2, 0.25) is 5.79 Å². The molecule has 59 heavy (non-hydrogen) atoms. The van der Waals surface area contributed by atoms with Crippen molar-refractivity contribution in [2.75, 3.05) is 35.0 Å². The highest BCUT2D eigenvalue weighted by atomic mass is 28.4. The quantitative estimate of drug-likeness (QED) is 0.0676. The van der Waals surface area contributed by atoms with Crippen LogP contribution in [-0.4, -0.2) is 100 Å². The molecule has 2 unspecified atom stereocenters. The molecule has 0 saturated carbocycles. The third-order valence-electron chi connectivity index (χ3n) is 13.8. The number of hydrogen-bond acceptors (Lipinski definition) is 10. The SMILES string of the molecule is CC#CCCC[C@H](O[Si](C)(C)C(C)(C)C)[C@H](C[C@H](C)C1OC(C)(OC)O[C@]12O[C@H](C[C@H](COC)OCc1ccc(OC)cc1)[C@H](C)[C@H](O[Si](C)(C)C(C)(C)C)[C@H]2C)OC. The number of methoxy groups -OCH3 is 4. The maximum Gasteiger partial charge on any atom is 0.282 e. The van der Waals surface area contributed by atoms with Crippen molar-refractivity contribution in [3.8, 4) is 17.6 Å². The molecule has 2 aliphatic rings. The Kier molecular flexibility index (Phi) is 18.8. The number of rotatable bonds is 21. The molecule has 2 fully saturated rings. The molecule has 2 heterocycles. The molecule has 0 aliphatic carbocycles. The predicted octanol–water partition coefficient (Wildman–Crippen LogP) is 10.7. The number of unbranched alkanes of at least 4 members (excludes halogenated alkanes) is 1. The highest BCUT2D eigenvalue weighted by Gasteiger charge is 2.67. The summed E-state index contributed by atoms with van der Waals surface area (Å²) in [4.78, 5) is 0. The zero-order chi connectivity index (χ0) is 44.6. The van der Waals surface area contributed by atoms with Crippen LogP contribution in [0.5, 0.6) is 5.75 Å². The van der Waals surface area contributed by atoms with Crippen molar-refractivity contribution in [3.05, 3.63) is 29.8 Å². The molecule has 1 spiro atoms. The van der Waals surface area contributed by atoms with Gasteiger partial charge in [-0.1, -0.05) is 74.4 Å². The first-order chi connectivity index (χ1) is 27.3. The minimum Gasteiger partial charge on any atom is -0.497 e. The van der Waals surface area contributed by atoms with E-state index in [9.17, 15) is 0 Å². The van der Waals surface area contributed by atoms with Gasteiger partial charge in [-0.15, -0.1) is 11.8 Å². The first-order valence-corrected chi connectivity index (χ1v) is 27.8. The number of ether oxygens (including phenoxy) is 8. The van der Waals surface area contributed by atoms with Gasteiger partial charge < -0.3 is 42.0 Å². The molecule has 12 heteroatoms. The Bertz CT molecular complexity index is 1480. The van der Waals surface area contributed by atoms with Crippen LogP contribution in [0.15, 0.2) is 24.3 Å². The first-order valence-electron chi connectivity index (χ1n) is 22.0. The average molecular weight is 865 g/mol. The highest BCUT2D eigenvalue weighted by Crippen LogP contribution is 2.54. The fourth-order valence-corrected chi connectivity index (χ4v) is 10.7. The molecule has 2 aliphatic heterocycles. The zero-order valence-corrected chi connectivity index (χ0v) is 42.5. The lowest BCUT2D eigenvalue weighted by atomic mass is 9.74. The van der Waals surface area contributed by atoms with Gasteiger partial charge in [-0.2, -0.15) is 0 Å². The minimum absolute atomic E-state index is 0.00274. The molecular weight excluding hydrogens is 781 g/mol. The van der Waals surface area contributed by atoms with Gasteiger partial charge in [-0.25, -0.2) is 0 Å². The number of hydrogen-bond donors (Lipinski definition) is 0. The molecule has 0 N–H and O–H groups in total. The Morgan fingerprint density at radius 1 is 0.881 bits per heavy atom. The summed E-state index contributed by atoms with van der Waals surface area (Å²) in [6, 6.07) is 7.95. The van der Waals surface area contributed by atoms with Gasteiger partial charge in [0.05, 0.1) is 50.8 Å². The van der Waals surface area contributed by atoms with Gasteiger partial charge in [0.1, 0.15) is 11.9 Å². The molecule has 0 amide bonds. The van der Waals surface area contributed by atoms with Crippen LogP contribution in [0.4, 0.5) is 0 Å². The molecule has 3 rings (SSSR count). The van der Waals surface area contributed by atoms with E-state index in [-0.39, 0.29) is 58.4 Å². The van der Waals surface area contributed by atoms with Gasteiger partial charge in [-0.3, -0.25) is 4.74 Å². The third kappa shape index (κ3) is 13.1. The fraction of sp³-hybridized carbons (Fsp3) is 0.830. The van der Waals surface area contributed by atoms with Crippen LogP contribution in [-0.2, 0) is 48.6 Å². The summed E-state index contributed by atoms with van der Waals surface area (Å²) in [7, 11) is 2.37. The zero-order valence-electron chi connectivity index (χ0n) is 40.5. The van der Waals surface area contributed by atoms with Crippen molar-refractivity contribution >= 4 is 16.6 Å². The van der Waals surface area contributed by atoms with Crippen molar-refractivity contribution < 1.29 is 46.7 Å². The predicted molar refractivity (Wildman–Crippen MR) is 241 cm³/mol. The summed E-state index contributed by atoms with van der Waals surface area (Å²) < 4.78 is 66.2. The minimum atomic E-state index is -2.28. The van der Waals surface area contributed by atoms with Gasteiger partial charge in [0.25, 0.3) is 5.97 Å². The van der Waals surface area contributed by atoms with Crippen LogP contribution < -0.4 is 4.74 Å². The molecule has 1 aromatic carbocycles. The second kappa shape index (κ2) is 21.4. The van der Waals surface area contributed by atoms with Crippen LogP contribution in [0, 0.1) is 29.6 Å². The van der Waals surface area contributed by atoms with Gasteiger partial charge >= 0.3 is 0 Å². The molecular formula is C47H84O10Si2. The Labute approximate surface area is 362 Å². The molecule has 340 valence electrons. The van der Waals surface area contributed by atoms with Gasteiger partial charge in [0.15, 0.2) is 16.6 Å². The molecule has 1 aromatic rings. The average Bonchev–Trinajstić information content (AvgIpc) is 3.47. The summed E-state index contributed by atoms with van der Waals surface area (Å²) in [5.74, 6) is 4.22. The molecule has 0 aromatic heterocycles. The molecule has 0 bridgehead atoms. The van der Waals surface area contributed by atoms with Crippen molar-refractivity contribution in [2.45, 2.75) is 200 Å². The number of benzene rings is 1. The smallest absolute Gasteiger partial charge is 0.282 e. The highest BCUT2D eigenvalue weighted by molar-refractivity contribution is 6.74. The topological polar surface area (TPSA) is 92.3 Å². The largest absolute Gasteiger partial charge is 0.497 e. The maximum absolute atomic E-state index is 7.45. The van der Waals surface area contributed by atoms with Crippen LogP contribution >= 0.6 is 0 Å². The van der Waals surface area contributed by atoms with Crippen LogP contribution in [0.3, 0.4) is 0 Å². The molecule has 2 saturated heterocycles. The van der Waals surface area contributed by atoms with E-state index in [1.54, 1.807) is 28.4 Å². The van der Waals surface area contributed by atoms with E-state index in [2.05, 4.69) is 100 Å². The van der Waals surface area contributed by atoms with Crippen LogP contribution in [0.25, 0.3) is 0 Å². The van der Waals surface area contributed by atoms with Crippen molar-refractivity contribution in [2.24, 2.45) is 17.8 Å². The first kappa shape index (κ1) is 52.0. The Balaban J connectivity index is 2.08. The van der Waals surface area contributed by atoms with Crippen molar-refractivity contribution in [1.82, 2.24) is 0 Å². The third-order valence-corrected chi connectivity index (χ3v) is 22.8. The van der Waals surface area contributed by atoms with Crippen LogP contribution in [0.1, 0.15) is 114 Å². The van der Waals surface area contributed by atoms with E-state index >= 15 is 0 Å². The monoisotopic (exact) mass is 865 g/mol. The van der Waals surface area contributed by atoms with Gasteiger partial charge in [0, 0.05) is 52.9 Å². The molecule has 11 atom stereocenters. The summed E-state index contributed by atoms with van der Waals surface area (Å²) in [6.07, 6.45) is 2.20. The summed E-state index contributed by atoms with van der Waals surface area (Å²) in [6.45, 7) is 34.2. The molecule has 0 radical (unpaired) electrons. The van der Waals surface area contributed by atoms with E-state index in [0.717, 1.165) is 30.6 Å². The Morgan fingerprint density at radius 3 is 2.03 bits per heavy atom. The van der Waals surface area contributed by atoms with E-state index in [4.69, 9.17) is 46.7 Å². The maximum atomic E-state index is 7.45. The second-order valence-electron chi connectivity index (χ2n) is 20.3. The summed E-state index contributed by atoms with van der Waals surface area (Å²) in [5, 5.41) is 0.0299. The molecule has 10 nitrogen and oxygen atoms in total. The lowest BCUT2D eigenvalue weighted by molar-refractivity contribution is -0.389. The summed E-state index contributed by atoms with van der Waals surface area (Å²) >= 11 is 0. The summed E-state index contributed by atoms with van der Waals surface area (Å²) in [5.41, 5.74) is 1.05. The van der Waals surface area contributed by atoms with Crippen molar-refractivity contribution in [3.63, 3.8) is 0 Å². The lowest BCUT2D eigenvalue weighted by Crippen LogP contribution is -2.65. The standard InChI is InChI=1S/C47H84O10Si2/c1-20-21-22-23-24-39(55-58(16,17)44(5,6)7)41(50-14)29-33(2)43-47(57-46(11,51-15)54-43)35(4)42(56-59(18,19)45(8,9)10)34(3)40(53-47)30-38(32-48-12)52-31-36-25-27-37(49-13)28-26-36/h25-28,33-35,38-43H,22-24,29-32H2,1-19H3/t33-,34-,35+,38+,39-,40+,41-,42-,43?,46?,47-/m0/s1. The van der Waals surface area contributed by atoms with Crippen molar-refractivity contribution in [1.29, 1.82) is 0 Å². The fourth-order valence-electron chi connectivity index (χ4n) is 7.91. The Morgan fingerprint density at radius 2 is 1.51 bits per heavy atom. The van der Waals surface area contributed by atoms with Crippen LogP contribution in [0.2, 0.25) is 36.3 Å². The van der Waals surface area contributed by atoms with Gasteiger partial charge in [-0.05, 0) is 86.1 Å². The van der Waals surface area contributed by atoms with E-state index < -0.39 is 34.5 Å². The normalized spacial score (nSPS) is 28.8. The lowest BCUT2D eigenvalue weighted by Gasteiger charge is -2.55. The van der Waals surface area contributed by atoms with E-state index in [0.29, 0.717) is 26.1 Å². The Hall–Kier alpha value is -1.35. The van der Waals surface area contributed by atoms with E-state index in [1.165, 1.54) is 0 Å². The second-order valence-corrected chi connectivity index (χ2v) is 29.8. The van der Waals surface area contributed by atoms with E-state index in [1.807, 2.05) is 38.1 Å².